The number of aliphatic hydroxyl groups excluding tert-OH is 1. The Balaban J connectivity index is 1.76. The fraction of sp³-hybridized carbons (Fsp3) is 0.350. The third-order valence-corrected chi connectivity index (χ3v) is 3.76. The highest BCUT2D eigenvalue weighted by molar-refractivity contribution is 5.76. The molecule has 0 aromatic heterocycles. The minimum Gasteiger partial charge on any atom is -0.494 e. The highest BCUT2D eigenvalue weighted by Gasteiger charge is 2.13. The monoisotopic (exact) mass is 327 g/mol. The number of ether oxygens (including phenoxy) is 1. The smallest absolute Gasteiger partial charge is 0.223 e. The van der Waals surface area contributed by atoms with Gasteiger partial charge in [-0.1, -0.05) is 48.0 Å². The molecule has 2 rings (SSSR count). The first-order valence-corrected chi connectivity index (χ1v) is 8.31. The zero-order valence-electron chi connectivity index (χ0n) is 14.1. The third-order valence-electron chi connectivity index (χ3n) is 3.76. The van der Waals surface area contributed by atoms with Gasteiger partial charge in [-0.3, -0.25) is 4.79 Å². The van der Waals surface area contributed by atoms with Gasteiger partial charge in [-0.2, -0.15) is 0 Å². The summed E-state index contributed by atoms with van der Waals surface area (Å²) in [6.45, 7) is 3.39. The predicted molar refractivity (Wildman–Crippen MR) is 94.9 cm³/mol. The molecule has 0 saturated carbocycles. The van der Waals surface area contributed by atoms with E-state index in [9.17, 15) is 9.90 Å². The van der Waals surface area contributed by atoms with Gasteiger partial charge in [0, 0.05) is 19.5 Å². The Morgan fingerprint density at radius 2 is 1.79 bits per heavy atom. The maximum absolute atomic E-state index is 12.4. The van der Waals surface area contributed by atoms with Gasteiger partial charge in [0.1, 0.15) is 5.75 Å². The molecule has 24 heavy (non-hydrogen) atoms. The number of hydrogen-bond donors (Lipinski definition) is 1. The van der Waals surface area contributed by atoms with Crippen molar-refractivity contribution in [3.8, 4) is 5.75 Å². The van der Waals surface area contributed by atoms with Gasteiger partial charge in [-0.15, -0.1) is 0 Å². The summed E-state index contributed by atoms with van der Waals surface area (Å²) in [5, 5.41) is 9.19. The predicted octanol–water partition coefficient (Wildman–Crippen LogP) is 3.18. The summed E-state index contributed by atoms with van der Waals surface area (Å²) < 4.78 is 5.65. The van der Waals surface area contributed by atoms with Crippen molar-refractivity contribution in [3.63, 3.8) is 0 Å². The Morgan fingerprint density at radius 1 is 1.08 bits per heavy atom. The number of carbonyl (C=O) groups excluding carboxylic acids is 1. The van der Waals surface area contributed by atoms with Crippen molar-refractivity contribution < 1.29 is 14.6 Å². The number of nitrogens with zero attached hydrogens (tertiary/aromatic N) is 1. The molecule has 1 N–H and O–H groups in total. The zero-order chi connectivity index (χ0) is 17.2. The van der Waals surface area contributed by atoms with E-state index in [-0.39, 0.29) is 12.5 Å². The Morgan fingerprint density at radius 3 is 2.46 bits per heavy atom. The molecule has 0 aliphatic carbocycles. The summed E-state index contributed by atoms with van der Waals surface area (Å²) in [5.41, 5.74) is 2.26. The number of rotatable bonds is 9. The van der Waals surface area contributed by atoms with E-state index in [1.54, 1.807) is 4.90 Å². The van der Waals surface area contributed by atoms with Crippen LogP contribution in [0.4, 0.5) is 0 Å². The molecule has 0 heterocycles. The molecule has 2 aromatic carbocycles. The van der Waals surface area contributed by atoms with Crippen LogP contribution in [0.15, 0.2) is 54.6 Å². The molecule has 0 spiro atoms. The molecule has 0 fully saturated rings. The molecule has 0 atom stereocenters. The van der Waals surface area contributed by atoms with Gasteiger partial charge < -0.3 is 14.7 Å². The standard InChI is InChI=1S/C20H25NO3/c1-17-9-11-19(12-10-17)24-15-5-8-20(23)21(13-14-22)16-18-6-3-2-4-7-18/h2-4,6-7,9-12,22H,5,8,13-16H2,1H3. The van der Waals surface area contributed by atoms with Gasteiger partial charge in [0.05, 0.1) is 13.2 Å². The van der Waals surface area contributed by atoms with Crippen LogP contribution in [0.5, 0.6) is 5.75 Å². The molecule has 4 nitrogen and oxygen atoms in total. The zero-order valence-corrected chi connectivity index (χ0v) is 14.1. The van der Waals surface area contributed by atoms with Crippen LogP contribution in [-0.2, 0) is 11.3 Å². The van der Waals surface area contributed by atoms with E-state index in [2.05, 4.69) is 0 Å². The molecule has 0 radical (unpaired) electrons. The second kappa shape index (κ2) is 9.73. The van der Waals surface area contributed by atoms with Gasteiger partial charge >= 0.3 is 0 Å². The molecule has 0 unspecified atom stereocenters. The lowest BCUT2D eigenvalue weighted by molar-refractivity contribution is -0.132. The maximum atomic E-state index is 12.4. The fourth-order valence-corrected chi connectivity index (χ4v) is 2.42. The van der Waals surface area contributed by atoms with Crippen LogP contribution in [0.3, 0.4) is 0 Å². The SMILES string of the molecule is Cc1ccc(OCCCC(=O)N(CCO)Cc2ccccc2)cc1. The van der Waals surface area contributed by atoms with Crippen molar-refractivity contribution in [2.75, 3.05) is 19.8 Å². The Bertz CT molecular complexity index is 611. The van der Waals surface area contributed by atoms with Crippen LogP contribution in [0.1, 0.15) is 24.0 Å². The largest absolute Gasteiger partial charge is 0.494 e. The van der Waals surface area contributed by atoms with Crippen molar-refractivity contribution in [1.82, 2.24) is 4.90 Å². The van der Waals surface area contributed by atoms with Gasteiger partial charge in [-0.05, 0) is 31.0 Å². The average molecular weight is 327 g/mol. The summed E-state index contributed by atoms with van der Waals surface area (Å²) in [4.78, 5) is 14.0. The molecule has 4 heteroatoms. The molecule has 2 aromatic rings. The molecule has 0 saturated heterocycles. The molecule has 1 amide bonds. The number of aliphatic hydroxyl groups is 1. The van der Waals surface area contributed by atoms with Crippen molar-refractivity contribution in [3.05, 3.63) is 65.7 Å². The van der Waals surface area contributed by atoms with Crippen LogP contribution < -0.4 is 4.74 Å². The minimum absolute atomic E-state index is 0.0293. The number of amides is 1. The summed E-state index contributed by atoms with van der Waals surface area (Å²) in [5.74, 6) is 0.866. The maximum Gasteiger partial charge on any atom is 0.223 e. The molecular formula is C20H25NO3. The van der Waals surface area contributed by atoms with E-state index in [4.69, 9.17) is 4.74 Å². The lowest BCUT2D eigenvalue weighted by Gasteiger charge is -2.22. The minimum atomic E-state index is -0.0293. The second-order valence-corrected chi connectivity index (χ2v) is 5.79. The first kappa shape index (κ1) is 18.0. The first-order valence-electron chi connectivity index (χ1n) is 8.31. The lowest BCUT2D eigenvalue weighted by Crippen LogP contribution is -2.33. The highest BCUT2D eigenvalue weighted by atomic mass is 16.5. The number of hydrogen-bond acceptors (Lipinski definition) is 3. The highest BCUT2D eigenvalue weighted by Crippen LogP contribution is 2.12. The summed E-state index contributed by atoms with van der Waals surface area (Å²) in [6, 6.07) is 17.7. The molecular weight excluding hydrogens is 302 g/mol. The Kier molecular flexibility index (Phi) is 7.30. The van der Waals surface area contributed by atoms with E-state index in [1.807, 2.05) is 61.5 Å². The van der Waals surface area contributed by atoms with Gasteiger partial charge in [0.2, 0.25) is 5.91 Å². The summed E-state index contributed by atoms with van der Waals surface area (Å²) in [6.07, 6.45) is 1.07. The summed E-state index contributed by atoms with van der Waals surface area (Å²) in [7, 11) is 0. The van der Waals surface area contributed by atoms with Gasteiger partial charge in [-0.25, -0.2) is 0 Å². The van der Waals surface area contributed by atoms with E-state index < -0.39 is 0 Å². The Labute approximate surface area is 143 Å². The fourth-order valence-electron chi connectivity index (χ4n) is 2.42. The second-order valence-electron chi connectivity index (χ2n) is 5.79. The quantitative estimate of drug-likeness (QED) is 0.720. The first-order chi connectivity index (χ1) is 11.7. The van der Waals surface area contributed by atoms with Crippen molar-refractivity contribution >= 4 is 5.91 Å². The lowest BCUT2D eigenvalue weighted by atomic mass is 10.2. The normalized spacial score (nSPS) is 10.4. The number of benzene rings is 2. The molecule has 0 aliphatic rings. The molecule has 128 valence electrons. The van der Waals surface area contributed by atoms with Crippen molar-refractivity contribution in [2.24, 2.45) is 0 Å². The number of carbonyl (C=O) groups is 1. The van der Waals surface area contributed by atoms with Crippen LogP contribution in [-0.4, -0.2) is 35.7 Å². The van der Waals surface area contributed by atoms with E-state index in [1.165, 1.54) is 5.56 Å². The molecule has 0 bridgehead atoms. The van der Waals surface area contributed by atoms with E-state index in [0.717, 1.165) is 11.3 Å². The van der Waals surface area contributed by atoms with E-state index >= 15 is 0 Å². The van der Waals surface area contributed by atoms with Crippen LogP contribution in [0.25, 0.3) is 0 Å². The van der Waals surface area contributed by atoms with Crippen LogP contribution in [0.2, 0.25) is 0 Å². The molecule has 0 aliphatic heterocycles. The summed E-state index contributed by atoms with van der Waals surface area (Å²) >= 11 is 0. The van der Waals surface area contributed by atoms with Gasteiger partial charge in [0.25, 0.3) is 0 Å². The Hall–Kier alpha value is -2.33. The van der Waals surface area contributed by atoms with Crippen molar-refractivity contribution in [2.45, 2.75) is 26.3 Å². The van der Waals surface area contributed by atoms with Gasteiger partial charge in [0.15, 0.2) is 0 Å². The number of aryl methyl sites for hydroxylation is 1. The van der Waals surface area contributed by atoms with E-state index in [0.29, 0.717) is 32.5 Å². The van der Waals surface area contributed by atoms with Crippen LogP contribution >= 0.6 is 0 Å². The van der Waals surface area contributed by atoms with Crippen LogP contribution in [0, 0.1) is 6.92 Å². The topological polar surface area (TPSA) is 49.8 Å². The third kappa shape index (κ3) is 6.05. The van der Waals surface area contributed by atoms with Crippen molar-refractivity contribution in [1.29, 1.82) is 0 Å². The average Bonchev–Trinajstić information content (AvgIpc) is 2.60.